The van der Waals surface area contributed by atoms with Crippen LogP contribution in [0.3, 0.4) is 0 Å². The summed E-state index contributed by atoms with van der Waals surface area (Å²) in [5.41, 5.74) is 2.81. The van der Waals surface area contributed by atoms with Crippen molar-refractivity contribution in [3.05, 3.63) is 42.4 Å². The maximum atomic E-state index is 12.3. The van der Waals surface area contributed by atoms with Gasteiger partial charge in [0.2, 0.25) is 0 Å². The van der Waals surface area contributed by atoms with Crippen molar-refractivity contribution in [3.63, 3.8) is 0 Å². The number of hydrogen-bond donors (Lipinski definition) is 0. The minimum absolute atomic E-state index is 0.0483. The molecule has 0 bridgehead atoms. The molecule has 120 valence electrons. The molecule has 0 N–H and O–H groups in total. The fourth-order valence-electron chi connectivity index (χ4n) is 2.86. The lowest BCUT2D eigenvalue weighted by molar-refractivity contribution is 0.0659. The lowest BCUT2D eigenvalue weighted by Crippen LogP contribution is -2.50. The predicted molar refractivity (Wildman–Crippen MR) is 90.2 cm³/mol. The van der Waals surface area contributed by atoms with E-state index in [1.807, 2.05) is 22.8 Å². The number of likely N-dealkylation sites (tertiary alicyclic amines) is 1. The molecule has 0 aromatic carbocycles. The van der Waals surface area contributed by atoms with Gasteiger partial charge < -0.3 is 4.90 Å². The lowest BCUT2D eigenvalue weighted by Gasteiger charge is -2.35. The largest absolute Gasteiger partial charge is 0.335 e. The molecule has 7 heteroatoms. The Balaban J connectivity index is 1.62. The molecule has 4 rings (SSSR count). The van der Waals surface area contributed by atoms with Gasteiger partial charge in [-0.3, -0.25) is 9.36 Å². The molecule has 2 aliphatic rings. The van der Waals surface area contributed by atoms with Gasteiger partial charge in [-0.25, -0.2) is 9.97 Å². The van der Waals surface area contributed by atoms with Crippen LogP contribution in [-0.2, 0) is 0 Å². The molecule has 2 aromatic rings. The van der Waals surface area contributed by atoms with E-state index in [1.54, 1.807) is 23.5 Å². The van der Waals surface area contributed by atoms with Crippen LogP contribution in [0.5, 0.6) is 0 Å². The first-order valence-electron chi connectivity index (χ1n) is 7.70. The second kappa shape index (κ2) is 5.77. The molecule has 1 amide bonds. The Morgan fingerprint density at radius 1 is 1.38 bits per heavy atom. The monoisotopic (exact) mass is 339 g/mol. The van der Waals surface area contributed by atoms with E-state index in [-0.39, 0.29) is 17.2 Å². The van der Waals surface area contributed by atoms with Gasteiger partial charge in [-0.1, -0.05) is 12.2 Å². The highest BCUT2D eigenvalue weighted by Gasteiger charge is 2.30. The van der Waals surface area contributed by atoms with Crippen molar-refractivity contribution in [1.82, 2.24) is 19.4 Å². The van der Waals surface area contributed by atoms with Gasteiger partial charge in [0, 0.05) is 25.0 Å². The van der Waals surface area contributed by atoms with Crippen LogP contribution in [-0.4, -0.2) is 43.8 Å². The van der Waals surface area contributed by atoms with Crippen molar-refractivity contribution >= 4 is 34.4 Å². The number of nitrogens with zero attached hydrogens (tertiary/aromatic N) is 5. The predicted octanol–water partition coefficient (Wildman–Crippen LogP) is 2.44. The van der Waals surface area contributed by atoms with E-state index in [0.29, 0.717) is 36.2 Å². The molecule has 24 heavy (non-hydrogen) atoms. The molecule has 1 fully saturated rings. The number of nitriles is 1. The van der Waals surface area contributed by atoms with Gasteiger partial charge in [0.15, 0.2) is 5.65 Å². The third-order valence-corrected chi connectivity index (χ3v) is 4.56. The molecule has 2 aromatic heterocycles. The van der Waals surface area contributed by atoms with Gasteiger partial charge in [-0.05, 0) is 18.6 Å². The molecule has 0 saturated carbocycles. The number of carbonyl (C=O) groups excluding carboxylic acids is 1. The minimum atomic E-state index is -0.0806. The van der Waals surface area contributed by atoms with E-state index < -0.39 is 0 Å². The highest BCUT2D eigenvalue weighted by atomic mass is 35.5. The number of halogens is 1. The Hall–Kier alpha value is -2.65. The van der Waals surface area contributed by atoms with Crippen molar-refractivity contribution < 1.29 is 4.79 Å². The van der Waals surface area contributed by atoms with E-state index in [9.17, 15) is 4.79 Å². The summed E-state index contributed by atoms with van der Waals surface area (Å²) in [7, 11) is 0. The molecule has 3 heterocycles. The highest BCUT2D eigenvalue weighted by molar-refractivity contribution is 6.22. The standard InChI is InChI=1S/C17H14ClN5O/c18-13-8-22(9-13)17(24)12-5-15-16(20-7-12)23(10-21-15)14-3-1-11(6-19)2-4-14/h1,3-5,7,10-11,13H,2,8-9H2. The zero-order chi connectivity index (χ0) is 16.7. The number of hydrogen-bond acceptors (Lipinski definition) is 4. The number of fused-ring (bicyclic) bond motifs is 1. The summed E-state index contributed by atoms with van der Waals surface area (Å²) >= 11 is 5.92. The molecule has 0 spiro atoms. The van der Waals surface area contributed by atoms with Crippen molar-refractivity contribution in [2.24, 2.45) is 5.92 Å². The molecule has 1 aliphatic heterocycles. The smallest absolute Gasteiger partial charge is 0.255 e. The normalized spacial score (nSPS) is 20.6. The molecule has 6 nitrogen and oxygen atoms in total. The summed E-state index contributed by atoms with van der Waals surface area (Å²) in [6.07, 6.45) is 9.72. The van der Waals surface area contributed by atoms with Gasteiger partial charge in [-0.15, -0.1) is 11.6 Å². The Labute approximate surface area is 143 Å². The summed E-state index contributed by atoms with van der Waals surface area (Å²) in [5.74, 6) is -0.146. The van der Waals surface area contributed by atoms with Crippen LogP contribution in [0.1, 0.15) is 16.8 Å². The number of rotatable bonds is 2. The van der Waals surface area contributed by atoms with Gasteiger partial charge in [-0.2, -0.15) is 5.26 Å². The van der Waals surface area contributed by atoms with Crippen LogP contribution in [0, 0.1) is 17.2 Å². The van der Waals surface area contributed by atoms with E-state index in [2.05, 4.69) is 16.0 Å². The maximum Gasteiger partial charge on any atom is 0.255 e. The van der Waals surface area contributed by atoms with Crippen molar-refractivity contribution in [2.75, 3.05) is 13.1 Å². The molecule has 1 saturated heterocycles. The van der Waals surface area contributed by atoms with E-state index in [0.717, 1.165) is 5.70 Å². The van der Waals surface area contributed by atoms with Gasteiger partial charge in [0.1, 0.15) is 11.8 Å². The second-order valence-corrected chi connectivity index (χ2v) is 6.57. The molecule has 0 radical (unpaired) electrons. The van der Waals surface area contributed by atoms with E-state index in [1.165, 1.54) is 0 Å². The summed E-state index contributed by atoms with van der Waals surface area (Å²) in [4.78, 5) is 22.8. The second-order valence-electron chi connectivity index (χ2n) is 5.95. The summed E-state index contributed by atoms with van der Waals surface area (Å²) in [5, 5.41) is 8.99. The third-order valence-electron chi connectivity index (χ3n) is 4.28. The molecule has 1 atom stereocenters. The van der Waals surface area contributed by atoms with Crippen LogP contribution in [0.15, 0.2) is 36.8 Å². The number of imidazole rings is 1. The third kappa shape index (κ3) is 2.47. The van der Waals surface area contributed by atoms with Crippen molar-refractivity contribution in [3.8, 4) is 6.07 Å². The first-order chi connectivity index (χ1) is 11.7. The maximum absolute atomic E-state index is 12.3. The average molecular weight is 340 g/mol. The number of aromatic nitrogens is 3. The molecule has 1 aliphatic carbocycles. The van der Waals surface area contributed by atoms with E-state index >= 15 is 0 Å². The number of amides is 1. The van der Waals surface area contributed by atoms with Crippen molar-refractivity contribution in [1.29, 1.82) is 5.26 Å². The number of carbonyl (C=O) groups is 1. The number of pyridine rings is 1. The van der Waals surface area contributed by atoms with E-state index in [4.69, 9.17) is 16.9 Å². The van der Waals surface area contributed by atoms with Crippen LogP contribution in [0.4, 0.5) is 0 Å². The molecular weight excluding hydrogens is 326 g/mol. The Kier molecular flexibility index (Phi) is 3.58. The fraction of sp³-hybridized carbons (Fsp3) is 0.294. The fourth-order valence-corrected chi connectivity index (χ4v) is 3.20. The zero-order valence-corrected chi connectivity index (χ0v) is 13.5. The first kappa shape index (κ1) is 14.9. The number of allylic oxidation sites excluding steroid dienone is 4. The molecule has 1 unspecified atom stereocenters. The number of alkyl halides is 1. The van der Waals surface area contributed by atoms with Gasteiger partial charge in [0.25, 0.3) is 5.91 Å². The van der Waals surface area contributed by atoms with Crippen LogP contribution >= 0.6 is 11.6 Å². The van der Waals surface area contributed by atoms with Crippen LogP contribution in [0.25, 0.3) is 16.9 Å². The SMILES string of the molecule is N#CC1C=CC(n2cnc3cc(C(=O)N4CC(Cl)C4)cnc32)=CC1. The Morgan fingerprint density at radius 3 is 2.88 bits per heavy atom. The Bertz CT molecular complexity index is 917. The highest BCUT2D eigenvalue weighted by Crippen LogP contribution is 2.24. The average Bonchev–Trinajstić information content (AvgIpc) is 3.01. The topological polar surface area (TPSA) is 74.8 Å². The minimum Gasteiger partial charge on any atom is -0.335 e. The van der Waals surface area contributed by atoms with Crippen LogP contribution < -0.4 is 0 Å². The first-order valence-corrected chi connectivity index (χ1v) is 8.14. The summed E-state index contributed by atoms with van der Waals surface area (Å²) in [6.45, 7) is 1.15. The quantitative estimate of drug-likeness (QED) is 0.787. The van der Waals surface area contributed by atoms with Gasteiger partial charge >= 0.3 is 0 Å². The zero-order valence-electron chi connectivity index (χ0n) is 12.8. The Morgan fingerprint density at radius 2 is 2.21 bits per heavy atom. The summed E-state index contributed by atoms with van der Waals surface area (Å²) in [6, 6.07) is 3.99. The molecular formula is C17H14ClN5O. The van der Waals surface area contributed by atoms with Gasteiger partial charge in [0.05, 0.1) is 22.9 Å². The van der Waals surface area contributed by atoms with Crippen LogP contribution in [0.2, 0.25) is 0 Å². The lowest BCUT2D eigenvalue weighted by atomic mass is 10.0. The van der Waals surface area contributed by atoms with Crippen molar-refractivity contribution in [2.45, 2.75) is 11.8 Å². The summed E-state index contributed by atoms with van der Waals surface area (Å²) < 4.78 is 1.87.